The number of hydrogen-bond donors (Lipinski definition) is 2. The van der Waals surface area contributed by atoms with Crippen LogP contribution in [0.15, 0.2) is 42.0 Å². The number of ether oxygens (including phenoxy) is 3. The smallest absolute Gasteiger partial charge is 0.220 e. The van der Waals surface area contributed by atoms with Crippen molar-refractivity contribution in [2.24, 2.45) is 0 Å². The van der Waals surface area contributed by atoms with Crippen LogP contribution in [0.1, 0.15) is 69.5 Å². The van der Waals surface area contributed by atoms with Crippen LogP contribution in [0, 0.1) is 0 Å². The predicted molar refractivity (Wildman–Crippen MR) is 145 cm³/mol. The molecule has 1 aromatic rings. The van der Waals surface area contributed by atoms with Crippen molar-refractivity contribution in [3.8, 4) is 11.5 Å². The molecule has 38 heavy (non-hydrogen) atoms. The molecule has 8 heteroatoms. The number of aliphatic hydroxyl groups is 1. The number of rotatable bonds is 14. The van der Waals surface area contributed by atoms with Gasteiger partial charge in [-0.25, -0.2) is 0 Å². The molecule has 3 unspecified atom stereocenters. The molecule has 0 saturated carbocycles. The number of fused-ring (bicyclic) bond motifs is 1. The van der Waals surface area contributed by atoms with Gasteiger partial charge < -0.3 is 29.5 Å². The molecule has 1 saturated heterocycles. The fourth-order valence-electron chi connectivity index (χ4n) is 5.27. The molecule has 0 aromatic heterocycles. The molecule has 2 aliphatic heterocycles. The number of carbonyl (C=O) groups is 2. The van der Waals surface area contributed by atoms with Crippen molar-refractivity contribution in [2.75, 3.05) is 40.0 Å². The zero-order valence-electron chi connectivity index (χ0n) is 22.5. The molecule has 8 nitrogen and oxygen atoms in total. The second-order valence-electron chi connectivity index (χ2n) is 10.4. The highest BCUT2D eigenvalue weighted by atomic mass is 16.6. The number of methoxy groups -OCH3 is 1. The van der Waals surface area contributed by atoms with Crippen LogP contribution in [0.25, 0.3) is 0 Å². The highest BCUT2D eigenvalue weighted by Gasteiger charge is 2.27. The van der Waals surface area contributed by atoms with Gasteiger partial charge in [0.25, 0.3) is 0 Å². The van der Waals surface area contributed by atoms with Gasteiger partial charge >= 0.3 is 0 Å². The topological polar surface area (TPSA) is 97.3 Å². The molecule has 208 valence electrons. The lowest BCUT2D eigenvalue weighted by Gasteiger charge is -2.29. The first-order valence-corrected chi connectivity index (χ1v) is 14.1. The molecule has 0 bridgehead atoms. The summed E-state index contributed by atoms with van der Waals surface area (Å²) in [5, 5.41) is 14.3. The molecule has 3 atom stereocenters. The minimum absolute atomic E-state index is 0.0490. The fourth-order valence-corrected chi connectivity index (χ4v) is 5.27. The molecule has 1 fully saturated rings. The molecule has 2 N–H and O–H groups in total. The molecule has 1 amide bonds. The Kier molecular flexibility index (Phi) is 10.8. The zero-order valence-corrected chi connectivity index (χ0v) is 22.5. The number of amides is 1. The van der Waals surface area contributed by atoms with Crippen LogP contribution in [0.3, 0.4) is 0 Å². The van der Waals surface area contributed by atoms with Crippen molar-refractivity contribution in [1.29, 1.82) is 0 Å². The Morgan fingerprint density at radius 1 is 1.08 bits per heavy atom. The van der Waals surface area contributed by atoms with E-state index in [2.05, 4.69) is 10.2 Å². The number of hydrogen-bond acceptors (Lipinski definition) is 7. The summed E-state index contributed by atoms with van der Waals surface area (Å²) in [6, 6.07) is 5.08. The lowest BCUT2D eigenvalue weighted by Crippen LogP contribution is -2.46. The van der Waals surface area contributed by atoms with Crippen LogP contribution in [0.4, 0.5) is 0 Å². The van der Waals surface area contributed by atoms with Crippen molar-refractivity contribution in [1.82, 2.24) is 10.2 Å². The SMILES string of the molecule is COC1C=CC(C(=O)CCCCCCC(=O)NC(CN2CCCC2)C(O)c2ccc3c(c2)OCCO3)=CC1. The van der Waals surface area contributed by atoms with Crippen molar-refractivity contribution in [2.45, 2.75) is 76.0 Å². The number of carbonyl (C=O) groups excluding carboxylic acids is 2. The fraction of sp³-hybridized carbons (Fsp3) is 0.600. The van der Waals surface area contributed by atoms with Crippen LogP contribution < -0.4 is 14.8 Å². The second kappa shape index (κ2) is 14.5. The maximum absolute atomic E-state index is 12.8. The molecular weight excluding hydrogens is 484 g/mol. The van der Waals surface area contributed by atoms with Crippen LogP contribution in [-0.4, -0.2) is 73.8 Å². The van der Waals surface area contributed by atoms with Gasteiger partial charge in [-0.2, -0.15) is 0 Å². The Morgan fingerprint density at radius 2 is 1.82 bits per heavy atom. The maximum Gasteiger partial charge on any atom is 0.220 e. The third kappa shape index (κ3) is 8.16. The lowest BCUT2D eigenvalue weighted by atomic mass is 9.98. The number of nitrogens with zero attached hydrogens (tertiary/aromatic N) is 1. The van der Waals surface area contributed by atoms with E-state index in [1.54, 1.807) is 7.11 Å². The number of benzene rings is 1. The first-order valence-electron chi connectivity index (χ1n) is 14.1. The summed E-state index contributed by atoms with van der Waals surface area (Å²) in [5.74, 6) is 1.44. The molecule has 2 heterocycles. The van der Waals surface area contributed by atoms with Crippen molar-refractivity contribution in [3.63, 3.8) is 0 Å². The van der Waals surface area contributed by atoms with Gasteiger partial charge in [-0.05, 0) is 62.9 Å². The van der Waals surface area contributed by atoms with Crippen LogP contribution in [-0.2, 0) is 14.3 Å². The summed E-state index contributed by atoms with van der Waals surface area (Å²) in [7, 11) is 1.67. The van der Waals surface area contributed by atoms with E-state index >= 15 is 0 Å². The van der Waals surface area contributed by atoms with E-state index in [1.165, 1.54) is 0 Å². The maximum atomic E-state index is 12.8. The third-order valence-corrected chi connectivity index (χ3v) is 7.53. The summed E-state index contributed by atoms with van der Waals surface area (Å²) in [4.78, 5) is 27.5. The van der Waals surface area contributed by atoms with Gasteiger partial charge in [0.15, 0.2) is 17.3 Å². The number of unbranched alkanes of at least 4 members (excludes halogenated alkanes) is 3. The highest BCUT2D eigenvalue weighted by molar-refractivity contribution is 5.98. The van der Waals surface area contributed by atoms with E-state index in [-0.39, 0.29) is 17.8 Å². The quantitative estimate of drug-likeness (QED) is 0.355. The van der Waals surface area contributed by atoms with Crippen molar-refractivity contribution in [3.05, 3.63) is 47.6 Å². The number of likely N-dealkylation sites (tertiary alicyclic amines) is 1. The van der Waals surface area contributed by atoms with Gasteiger partial charge in [-0.1, -0.05) is 37.1 Å². The van der Waals surface area contributed by atoms with Gasteiger partial charge in [0.1, 0.15) is 19.3 Å². The summed E-state index contributed by atoms with van der Waals surface area (Å²) in [6.45, 7) is 3.58. The molecule has 1 aliphatic carbocycles. The molecular formula is C30H42N2O6. The Hall–Kier alpha value is -2.68. The monoisotopic (exact) mass is 526 g/mol. The van der Waals surface area contributed by atoms with E-state index in [0.717, 1.165) is 63.6 Å². The standard InChI is InChI=1S/C30H42N2O6/c1-36-24-13-10-22(11-14-24)26(33)8-4-2-3-5-9-29(34)31-25(21-32-16-6-7-17-32)30(35)23-12-15-27-28(20-23)38-19-18-37-27/h10-13,15,20,24-25,30,35H,2-9,14,16-19,21H2,1H3,(H,31,34). The number of nitrogens with one attached hydrogen (secondary N) is 1. The number of allylic oxidation sites excluding steroid dienone is 2. The molecule has 1 aromatic carbocycles. The zero-order chi connectivity index (χ0) is 26.7. The van der Waals surface area contributed by atoms with Crippen LogP contribution >= 0.6 is 0 Å². The molecule has 0 spiro atoms. The Morgan fingerprint density at radius 3 is 2.53 bits per heavy atom. The van der Waals surface area contributed by atoms with Crippen molar-refractivity contribution >= 4 is 11.7 Å². The van der Waals surface area contributed by atoms with Gasteiger partial charge in [-0.15, -0.1) is 0 Å². The normalized spacial score (nSPS) is 20.6. The minimum Gasteiger partial charge on any atom is -0.486 e. The van der Waals surface area contributed by atoms with E-state index in [1.807, 2.05) is 36.4 Å². The Bertz CT molecular complexity index is 1000. The summed E-state index contributed by atoms with van der Waals surface area (Å²) < 4.78 is 16.6. The second-order valence-corrected chi connectivity index (χ2v) is 10.4. The van der Waals surface area contributed by atoms with E-state index in [9.17, 15) is 14.7 Å². The van der Waals surface area contributed by atoms with Crippen LogP contribution in [0.5, 0.6) is 11.5 Å². The predicted octanol–water partition coefficient (Wildman–Crippen LogP) is 3.88. The Balaban J connectivity index is 1.21. The van der Waals surface area contributed by atoms with E-state index < -0.39 is 12.1 Å². The first-order chi connectivity index (χ1) is 18.5. The average Bonchev–Trinajstić information content (AvgIpc) is 3.47. The average molecular weight is 527 g/mol. The largest absolute Gasteiger partial charge is 0.486 e. The van der Waals surface area contributed by atoms with Crippen molar-refractivity contribution < 1.29 is 28.9 Å². The minimum atomic E-state index is -0.844. The number of aliphatic hydroxyl groups excluding tert-OH is 1. The van der Waals surface area contributed by atoms with Gasteiger partial charge in [0.05, 0.1) is 12.1 Å². The van der Waals surface area contributed by atoms with Gasteiger partial charge in [-0.3, -0.25) is 9.59 Å². The number of Topliss-reactive ketones (excluding diaryl/α,β-unsaturated/α-hetero) is 1. The van der Waals surface area contributed by atoms with E-state index in [4.69, 9.17) is 14.2 Å². The molecule has 0 radical (unpaired) electrons. The van der Waals surface area contributed by atoms with Gasteiger partial charge in [0.2, 0.25) is 5.91 Å². The van der Waals surface area contributed by atoms with E-state index in [0.29, 0.717) is 49.7 Å². The summed E-state index contributed by atoms with van der Waals surface area (Å²) >= 11 is 0. The number of ketones is 1. The summed E-state index contributed by atoms with van der Waals surface area (Å²) in [6.07, 6.45) is 12.3. The molecule has 4 rings (SSSR count). The lowest BCUT2D eigenvalue weighted by molar-refractivity contribution is -0.123. The highest BCUT2D eigenvalue weighted by Crippen LogP contribution is 2.33. The summed E-state index contributed by atoms with van der Waals surface area (Å²) in [5.41, 5.74) is 1.49. The molecule has 3 aliphatic rings. The van der Waals surface area contributed by atoms with Gasteiger partial charge in [0, 0.05) is 32.1 Å². The Labute approximate surface area is 226 Å². The van der Waals surface area contributed by atoms with Crippen LogP contribution in [0.2, 0.25) is 0 Å². The first kappa shape index (κ1) is 28.3. The third-order valence-electron chi connectivity index (χ3n) is 7.53.